The summed E-state index contributed by atoms with van der Waals surface area (Å²) in [7, 11) is 0. The Morgan fingerprint density at radius 1 is 1.10 bits per heavy atom. The van der Waals surface area contributed by atoms with Crippen LogP contribution in [0.2, 0.25) is 0 Å². The van der Waals surface area contributed by atoms with Crippen LogP contribution >= 0.6 is 0 Å². The first-order chi connectivity index (χ1) is 9.61. The molecule has 1 rings (SSSR count). The number of rotatable bonds is 9. The molecule has 20 heavy (non-hydrogen) atoms. The number of carbonyl (C=O) groups is 2. The van der Waals surface area contributed by atoms with Gasteiger partial charge in [-0.1, -0.05) is 43.2 Å². The molecule has 0 bridgehead atoms. The highest BCUT2D eigenvalue weighted by molar-refractivity contribution is 5.82. The van der Waals surface area contributed by atoms with Crippen molar-refractivity contribution < 1.29 is 14.7 Å². The lowest BCUT2D eigenvalue weighted by molar-refractivity contribution is -0.137. The molecule has 110 valence electrons. The normalized spacial score (nSPS) is 11.8. The van der Waals surface area contributed by atoms with Crippen LogP contribution in [-0.2, 0) is 9.59 Å². The van der Waals surface area contributed by atoms with Gasteiger partial charge in [-0.15, -0.1) is 0 Å². The van der Waals surface area contributed by atoms with Crippen molar-refractivity contribution in [1.82, 2.24) is 5.32 Å². The summed E-state index contributed by atoms with van der Waals surface area (Å²) >= 11 is 0. The Kier molecular flexibility index (Phi) is 7.35. The van der Waals surface area contributed by atoms with Gasteiger partial charge in [0.2, 0.25) is 5.91 Å². The number of aliphatic carboxylic acids is 1. The van der Waals surface area contributed by atoms with E-state index in [1.807, 2.05) is 30.3 Å². The Labute approximate surface area is 119 Å². The van der Waals surface area contributed by atoms with Crippen molar-refractivity contribution in [2.45, 2.75) is 38.1 Å². The first-order valence-electron chi connectivity index (χ1n) is 6.91. The Morgan fingerprint density at radius 2 is 1.75 bits per heavy atom. The molecular formula is C15H22N2O3. The molecule has 0 saturated heterocycles. The van der Waals surface area contributed by atoms with E-state index >= 15 is 0 Å². The minimum Gasteiger partial charge on any atom is -0.481 e. The summed E-state index contributed by atoms with van der Waals surface area (Å²) < 4.78 is 0. The fourth-order valence-electron chi connectivity index (χ4n) is 1.89. The largest absolute Gasteiger partial charge is 0.481 e. The highest BCUT2D eigenvalue weighted by Gasteiger charge is 2.14. The second-order valence-electron chi connectivity index (χ2n) is 4.74. The molecule has 0 saturated carbocycles. The predicted octanol–water partition coefficient (Wildman–Crippen LogP) is 1.84. The number of hydrogen-bond donors (Lipinski definition) is 3. The van der Waals surface area contributed by atoms with Crippen LogP contribution in [0, 0.1) is 0 Å². The third kappa shape index (κ3) is 6.33. The van der Waals surface area contributed by atoms with Gasteiger partial charge in [0.15, 0.2) is 0 Å². The molecule has 0 heterocycles. The van der Waals surface area contributed by atoms with Crippen molar-refractivity contribution in [3.63, 3.8) is 0 Å². The van der Waals surface area contributed by atoms with Gasteiger partial charge < -0.3 is 16.2 Å². The quantitative estimate of drug-likeness (QED) is 0.601. The van der Waals surface area contributed by atoms with E-state index in [4.69, 9.17) is 10.8 Å². The zero-order chi connectivity index (χ0) is 14.8. The molecular weight excluding hydrogens is 256 g/mol. The van der Waals surface area contributed by atoms with Gasteiger partial charge in [-0.3, -0.25) is 9.59 Å². The monoisotopic (exact) mass is 278 g/mol. The minimum atomic E-state index is -0.757. The van der Waals surface area contributed by atoms with Gasteiger partial charge in [-0.25, -0.2) is 0 Å². The van der Waals surface area contributed by atoms with Crippen molar-refractivity contribution in [2.24, 2.45) is 5.73 Å². The van der Waals surface area contributed by atoms with E-state index in [0.29, 0.717) is 13.0 Å². The lowest BCUT2D eigenvalue weighted by Gasteiger charge is -2.12. The van der Waals surface area contributed by atoms with E-state index in [0.717, 1.165) is 24.8 Å². The summed E-state index contributed by atoms with van der Waals surface area (Å²) in [5.41, 5.74) is 6.65. The second kappa shape index (κ2) is 9.09. The molecule has 0 radical (unpaired) electrons. The molecule has 1 atom stereocenters. The van der Waals surface area contributed by atoms with E-state index in [-0.39, 0.29) is 12.3 Å². The molecule has 0 aliphatic rings. The lowest BCUT2D eigenvalue weighted by Crippen LogP contribution is -2.34. The van der Waals surface area contributed by atoms with Gasteiger partial charge in [0.25, 0.3) is 0 Å². The molecule has 0 aromatic heterocycles. The van der Waals surface area contributed by atoms with E-state index in [2.05, 4.69) is 5.32 Å². The van der Waals surface area contributed by atoms with Crippen molar-refractivity contribution in [3.05, 3.63) is 35.9 Å². The first-order valence-corrected chi connectivity index (χ1v) is 6.91. The predicted molar refractivity (Wildman–Crippen MR) is 77.1 cm³/mol. The minimum absolute atomic E-state index is 0.179. The van der Waals surface area contributed by atoms with Crippen molar-refractivity contribution in [1.29, 1.82) is 0 Å². The molecule has 1 aromatic rings. The number of nitrogens with one attached hydrogen (secondary N) is 1. The Hall–Kier alpha value is -1.88. The maximum Gasteiger partial charge on any atom is 0.303 e. The molecule has 0 unspecified atom stereocenters. The molecule has 0 spiro atoms. The number of amides is 1. The smallest absolute Gasteiger partial charge is 0.303 e. The van der Waals surface area contributed by atoms with Crippen LogP contribution in [0.4, 0.5) is 0 Å². The van der Waals surface area contributed by atoms with E-state index < -0.39 is 12.0 Å². The van der Waals surface area contributed by atoms with Crippen molar-refractivity contribution >= 4 is 11.9 Å². The third-order valence-corrected chi connectivity index (χ3v) is 3.06. The number of benzene rings is 1. The first kappa shape index (κ1) is 16.2. The average Bonchev–Trinajstić information content (AvgIpc) is 2.45. The molecule has 0 fully saturated rings. The standard InChI is InChI=1S/C15H22N2O3/c16-14(12-8-4-3-5-9-12)15(20)17-11-7-2-1-6-10-13(18)19/h3-5,8-9,14H,1-2,6-7,10-11,16H2,(H,17,20)(H,18,19)/t14-/m0/s1. The van der Waals surface area contributed by atoms with Crippen LogP contribution in [0.1, 0.15) is 43.7 Å². The molecule has 0 aliphatic heterocycles. The number of nitrogens with two attached hydrogens (primary N) is 1. The van der Waals surface area contributed by atoms with Gasteiger partial charge in [0.05, 0.1) is 0 Å². The molecule has 1 aromatic carbocycles. The number of carboxylic acid groups (broad SMARTS) is 1. The van der Waals surface area contributed by atoms with E-state index in [1.54, 1.807) is 0 Å². The third-order valence-electron chi connectivity index (χ3n) is 3.06. The van der Waals surface area contributed by atoms with Crippen molar-refractivity contribution in [2.75, 3.05) is 6.54 Å². The number of unbranched alkanes of at least 4 members (excludes halogenated alkanes) is 3. The number of carbonyl (C=O) groups excluding carboxylic acids is 1. The SMILES string of the molecule is N[C@H](C(=O)NCCCCCCC(=O)O)c1ccccc1. The topological polar surface area (TPSA) is 92.4 Å². The maximum atomic E-state index is 11.8. The molecule has 0 aliphatic carbocycles. The van der Waals surface area contributed by atoms with E-state index in [9.17, 15) is 9.59 Å². The molecule has 4 N–H and O–H groups in total. The number of hydrogen-bond acceptors (Lipinski definition) is 3. The summed E-state index contributed by atoms with van der Waals surface area (Å²) in [5, 5.41) is 11.3. The summed E-state index contributed by atoms with van der Waals surface area (Å²) in [4.78, 5) is 22.1. The van der Waals surface area contributed by atoms with Gasteiger partial charge in [0.1, 0.15) is 6.04 Å². The van der Waals surface area contributed by atoms with Gasteiger partial charge in [-0.2, -0.15) is 0 Å². The Morgan fingerprint density at radius 3 is 2.40 bits per heavy atom. The summed E-state index contributed by atoms with van der Waals surface area (Å²) in [6.07, 6.45) is 3.52. The zero-order valence-corrected chi connectivity index (χ0v) is 11.5. The zero-order valence-electron chi connectivity index (χ0n) is 11.5. The number of carboxylic acids is 1. The summed E-state index contributed by atoms with van der Waals surface area (Å²) in [6, 6.07) is 8.61. The van der Waals surface area contributed by atoms with Gasteiger partial charge in [-0.05, 0) is 18.4 Å². The van der Waals surface area contributed by atoms with Gasteiger partial charge in [0, 0.05) is 13.0 Å². The Bertz CT molecular complexity index is 420. The Balaban J connectivity index is 2.13. The van der Waals surface area contributed by atoms with Crippen LogP contribution in [0.15, 0.2) is 30.3 Å². The lowest BCUT2D eigenvalue weighted by atomic mass is 10.1. The average molecular weight is 278 g/mol. The molecule has 5 heteroatoms. The second-order valence-corrected chi connectivity index (χ2v) is 4.74. The van der Waals surface area contributed by atoms with Crippen LogP contribution in [0.5, 0.6) is 0 Å². The summed E-state index contributed by atoms with van der Waals surface area (Å²) in [5.74, 6) is -0.936. The highest BCUT2D eigenvalue weighted by atomic mass is 16.4. The maximum absolute atomic E-state index is 11.8. The van der Waals surface area contributed by atoms with Crippen LogP contribution < -0.4 is 11.1 Å². The molecule has 1 amide bonds. The molecule has 5 nitrogen and oxygen atoms in total. The fourth-order valence-corrected chi connectivity index (χ4v) is 1.89. The fraction of sp³-hybridized carbons (Fsp3) is 0.467. The van der Waals surface area contributed by atoms with Crippen LogP contribution in [0.25, 0.3) is 0 Å². The highest BCUT2D eigenvalue weighted by Crippen LogP contribution is 2.09. The van der Waals surface area contributed by atoms with Crippen molar-refractivity contribution in [3.8, 4) is 0 Å². The van der Waals surface area contributed by atoms with Gasteiger partial charge >= 0.3 is 5.97 Å². The van der Waals surface area contributed by atoms with E-state index in [1.165, 1.54) is 0 Å². The van der Waals surface area contributed by atoms with Crippen LogP contribution in [-0.4, -0.2) is 23.5 Å². The summed E-state index contributed by atoms with van der Waals surface area (Å²) in [6.45, 7) is 0.576. The van der Waals surface area contributed by atoms with Crippen LogP contribution in [0.3, 0.4) is 0 Å².